The molecule has 1 aromatic rings. The van der Waals surface area contributed by atoms with Crippen molar-refractivity contribution in [2.45, 2.75) is 20.0 Å². The van der Waals surface area contributed by atoms with E-state index in [9.17, 15) is 5.11 Å². The van der Waals surface area contributed by atoms with Gasteiger partial charge in [0.05, 0.1) is 18.1 Å². The summed E-state index contributed by atoms with van der Waals surface area (Å²) in [5.74, 6) is -0.00192. The van der Waals surface area contributed by atoms with Crippen LogP contribution in [0.5, 0.6) is 0 Å². The molecule has 0 amide bonds. The molecule has 1 aromatic carbocycles. The number of aliphatic hydroxyl groups excluding tert-OH is 1. The quantitative estimate of drug-likeness (QED) is 0.818. The van der Waals surface area contributed by atoms with E-state index >= 15 is 0 Å². The van der Waals surface area contributed by atoms with Crippen molar-refractivity contribution in [3.05, 3.63) is 35.9 Å². The molecule has 0 aliphatic heterocycles. The summed E-state index contributed by atoms with van der Waals surface area (Å²) in [6.07, 6.45) is -0.484. The van der Waals surface area contributed by atoms with Crippen LogP contribution < -0.4 is 0 Å². The number of aliphatic hydroxyl groups is 1. The highest BCUT2D eigenvalue weighted by Crippen LogP contribution is 2.14. The lowest BCUT2D eigenvalue weighted by molar-refractivity contribution is 0.112. The zero-order chi connectivity index (χ0) is 12.7. The van der Waals surface area contributed by atoms with Gasteiger partial charge in [0, 0.05) is 13.1 Å². The molecule has 0 spiro atoms. The molecule has 0 heterocycles. The highest BCUT2D eigenvalue weighted by atomic mass is 16.3. The fraction of sp³-hybridized carbons (Fsp3) is 0.500. The topological polar surface area (TPSA) is 47.3 Å². The Balaban J connectivity index is 2.54. The molecule has 0 aliphatic carbocycles. The number of benzene rings is 1. The first-order valence-electron chi connectivity index (χ1n) is 6.02. The van der Waals surface area contributed by atoms with E-state index in [1.807, 2.05) is 44.2 Å². The van der Waals surface area contributed by atoms with Gasteiger partial charge in [-0.2, -0.15) is 5.26 Å². The van der Waals surface area contributed by atoms with Crippen LogP contribution in [0, 0.1) is 17.2 Å². The van der Waals surface area contributed by atoms with Gasteiger partial charge in [-0.1, -0.05) is 37.3 Å². The molecule has 0 aromatic heterocycles. The van der Waals surface area contributed by atoms with Crippen LogP contribution in [0.2, 0.25) is 0 Å². The number of nitrogens with zero attached hydrogens (tertiary/aromatic N) is 2. The second kappa shape index (κ2) is 7.05. The number of hydrogen-bond donors (Lipinski definition) is 1. The summed E-state index contributed by atoms with van der Waals surface area (Å²) < 4.78 is 0. The molecule has 0 radical (unpaired) electrons. The lowest BCUT2D eigenvalue weighted by atomic mass is 10.1. The van der Waals surface area contributed by atoms with Crippen LogP contribution in [0.25, 0.3) is 0 Å². The Labute approximate surface area is 103 Å². The Morgan fingerprint density at radius 3 is 2.47 bits per heavy atom. The predicted octanol–water partition coefficient (Wildman–Crippen LogP) is 2.20. The van der Waals surface area contributed by atoms with Gasteiger partial charge in [0.15, 0.2) is 0 Å². The molecule has 92 valence electrons. The van der Waals surface area contributed by atoms with Crippen molar-refractivity contribution >= 4 is 0 Å². The van der Waals surface area contributed by atoms with Crippen LogP contribution in [0.4, 0.5) is 0 Å². The molecule has 0 saturated heterocycles. The van der Waals surface area contributed by atoms with Crippen LogP contribution in [-0.4, -0.2) is 29.6 Å². The number of nitriles is 1. The SMILES string of the molecule is CCN(CC(C)C#N)CC(O)c1ccccc1. The number of hydrogen-bond acceptors (Lipinski definition) is 3. The molecule has 1 N–H and O–H groups in total. The van der Waals surface area contributed by atoms with Gasteiger partial charge in [0.1, 0.15) is 0 Å². The van der Waals surface area contributed by atoms with E-state index in [-0.39, 0.29) is 5.92 Å². The monoisotopic (exact) mass is 232 g/mol. The Kier molecular flexibility index (Phi) is 5.68. The maximum atomic E-state index is 10.1. The maximum absolute atomic E-state index is 10.1. The third-order valence-electron chi connectivity index (χ3n) is 2.82. The Bertz CT molecular complexity index is 358. The molecule has 0 saturated carbocycles. The second-order valence-corrected chi connectivity index (χ2v) is 4.31. The van der Waals surface area contributed by atoms with Crippen molar-refractivity contribution in [1.82, 2.24) is 4.90 Å². The van der Waals surface area contributed by atoms with Crippen LogP contribution >= 0.6 is 0 Å². The average Bonchev–Trinajstić information content (AvgIpc) is 2.38. The third-order valence-corrected chi connectivity index (χ3v) is 2.82. The largest absolute Gasteiger partial charge is 0.387 e. The van der Waals surface area contributed by atoms with Crippen molar-refractivity contribution < 1.29 is 5.11 Å². The fourth-order valence-electron chi connectivity index (χ4n) is 1.79. The van der Waals surface area contributed by atoms with Crippen molar-refractivity contribution in [3.63, 3.8) is 0 Å². The molecule has 17 heavy (non-hydrogen) atoms. The Morgan fingerprint density at radius 2 is 1.94 bits per heavy atom. The maximum Gasteiger partial charge on any atom is 0.0916 e. The van der Waals surface area contributed by atoms with Crippen LogP contribution in [-0.2, 0) is 0 Å². The van der Waals surface area contributed by atoms with Crippen molar-refractivity contribution in [2.75, 3.05) is 19.6 Å². The summed E-state index contributed by atoms with van der Waals surface area (Å²) in [6.45, 7) is 6.07. The zero-order valence-corrected chi connectivity index (χ0v) is 10.5. The summed E-state index contributed by atoms with van der Waals surface area (Å²) in [7, 11) is 0. The minimum absolute atomic E-state index is 0.00192. The van der Waals surface area contributed by atoms with Crippen LogP contribution in [0.1, 0.15) is 25.5 Å². The predicted molar refractivity (Wildman–Crippen MR) is 68.3 cm³/mol. The Hall–Kier alpha value is -1.37. The summed E-state index contributed by atoms with van der Waals surface area (Å²) in [5, 5.41) is 18.9. The first-order valence-corrected chi connectivity index (χ1v) is 6.02. The van der Waals surface area contributed by atoms with Gasteiger partial charge in [0.25, 0.3) is 0 Å². The third kappa shape index (κ3) is 4.56. The number of likely N-dealkylation sites (N-methyl/N-ethyl adjacent to an activating group) is 1. The molecular weight excluding hydrogens is 212 g/mol. The lowest BCUT2D eigenvalue weighted by Crippen LogP contribution is -2.32. The molecule has 3 nitrogen and oxygen atoms in total. The summed E-state index contributed by atoms with van der Waals surface area (Å²) in [6, 6.07) is 11.8. The first-order chi connectivity index (χ1) is 8.17. The van der Waals surface area contributed by atoms with Crippen molar-refractivity contribution in [3.8, 4) is 6.07 Å². The van der Waals surface area contributed by atoms with E-state index in [2.05, 4.69) is 11.0 Å². The van der Waals surface area contributed by atoms with E-state index in [0.29, 0.717) is 13.1 Å². The molecule has 0 bridgehead atoms. The first kappa shape index (κ1) is 13.7. The zero-order valence-electron chi connectivity index (χ0n) is 10.5. The normalized spacial score (nSPS) is 14.3. The van der Waals surface area contributed by atoms with E-state index < -0.39 is 6.10 Å². The summed E-state index contributed by atoms with van der Waals surface area (Å²) in [5.41, 5.74) is 0.926. The summed E-state index contributed by atoms with van der Waals surface area (Å²) >= 11 is 0. The smallest absolute Gasteiger partial charge is 0.0916 e. The van der Waals surface area contributed by atoms with Gasteiger partial charge in [-0.05, 0) is 19.0 Å². The van der Waals surface area contributed by atoms with Gasteiger partial charge in [-0.25, -0.2) is 0 Å². The van der Waals surface area contributed by atoms with Gasteiger partial charge >= 0.3 is 0 Å². The molecular formula is C14H20N2O. The highest BCUT2D eigenvalue weighted by Gasteiger charge is 2.14. The highest BCUT2D eigenvalue weighted by molar-refractivity contribution is 5.17. The minimum Gasteiger partial charge on any atom is -0.387 e. The van der Waals surface area contributed by atoms with E-state index in [4.69, 9.17) is 5.26 Å². The minimum atomic E-state index is -0.484. The van der Waals surface area contributed by atoms with Crippen LogP contribution in [0.15, 0.2) is 30.3 Å². The van der Waals surface area contributed by atoms with Crippen LogP contribution in [0.3, 0.4) is 0 Å². The lowest BCUT2D eigenvalue weighted by Gasteiger charge is -2.24. The van der Waals surface area contributed by atoms with E-state index in [1.165, 1.54) is 0 Å². The molecule has 1 rings (SSSR count). The number of rotatable bonds is 6. The van der Waals surface area contributed by atoms with Gasteiger partial charge < -0.3 is 5.11 Å². The van der Waals surface area contributed by atoms with Crippen molar-refractivity contribution in [2.24, 2.45) is 5.92 Å². The van der Waals surface area contributed by atoms with Gasteiger partial charge in [-0.15, -0.1) is 0 Å². The average molecular weight is 232 g/mol. The molecule has 0 aliphatic rings. The van der Waals surface area contributed by atoms with Gasteiger partial charge in [0.2, 0.25) is 0 Å². The molecule has 0 fully saturated rings. The summed E-state index contributed by atoms with van der Waals surface area (Å²) in [4.78, 5) is 2.10. The van der Waals surface area contributed by atoms with Crippen molar-refractivity contribution in [1.29, 1.82) is 5.26 Å². The fourth-order valence-corrected chi connectivity index (χ4v) is 1.79. The molecule has 2 atom stereocenters. The Morgan fingerprint density at radius 1 is 1.29 bits per heavy atom. The van der Waals surface area contributed by atoms with E-state index in [1.54, 1.807) is 0 Å². The van der Waals surface area contributed by atoms with Gasteiger partial charge in [-0.3, -0.25) is 4.90 Å². The standard InChI is InChI=1S/C14H20N2O/c1-3-16(10-12(2)9-15)11-14(17)13-7-5-4-6-8-13/h4-8,12,14,17H,3,10-11H2,1-2H3. The molecule has 3 heteroatoms. The van der Waals surface area contributed by atoms with E-state index in [0.717, 1.165) is 12.1 Å². The molecule has 2 unspecified atom stereocenters. The second-order valence-electron chi connectivity index (χ2n) is 4.31.